The quantitative estimate of drug-likeness (QED) is 0.645. The first-order chi connectivity index (χ1) is 10.8. The number of allylic oxidation sites excluding steroid dienone is 1. The minimum absolute atomic E-state index is 0.678. The smallest absolute Gasteiger partial charge is 0.209 e. The lowest BCUT2D eigenvalue weighted by molar-refractivity contribution is -0.118. The summed E-state index contributed by atoms with van der Waals surface area (Å²) in [7, 11) is 0. The van der Waals surface area contributed by atoms with E-state index < -0.39 is 0 Å². The van der Waals surface area contributed by atoms with Gasteiger partial charge in [0.15, 0.2) is 0 Å². The fourth-order valence-electron chi connectivity index (χ4n) is 2.56. The third kappa shape index (κ3) is 2.92. The van der Waals surface area contributed by atoms with E-state index in [0.717, 1.165) is 41.1 Å². The lowest BCUT2D eigenvalue weighted by Crippen LogP contribution is -2.29. The number of nitrogens with zero attached hydrogens (tertiary/aromatic N) is 3. The molecule has 0 saturated carbocycles. The summed E-state index contributed by atoms with van der Waals surface area (Å²) in [5.41, 5.74) is 3.75. The Bertz CT molecular complexity index is 733. The van der Waals surface area contributed by atoms with Gasteiger partial charge >= 0.3 is 0 Å². The van der Waals surface area contributed by atoms with E-state index in [-0.39, 0.29) is 0 Å². The van der Waals surface area contributed by atoms with Gasteiger partial charge in [0.1, 0.15) is 11.1 Å². The number of hydrogen-bond donors (Lipinski definition) is 0. The van der Waals surface area contributed by atoms with Crippen LogP contribution in [0.4, 0.5) is 0 Å². The number of carbonyl (C=O) groups excluding carboxylic acids is 1. The van der Waals surface area contributed by atoms with E-state index in [4.69, 9.17) is 0 Å². The van der Waals surface area contributed by atoms with Crippen molar-refractivity contribution in [3.8, 4) is 17.3 Å². The van der Waals surface area contributed by atoms with E-state index in [0.29, 0.717) is 18.7 Å². The molecule has 1 amide bonds. The van der Waals surface area contributed by atoms with Crippen molar-refractivity contribution in [2.45, 2.75) is 12.8 Å². The van der Waals surface area contributed by atoms with E-state index >= 15 is 0 Å². The van der Waals surface area contributed by atoms with E-state index in [1.807, 2.05) is 35.7 Å². The summed E-state index contributed by atoms with van der Waals surface area (Å²) in [5, 5.41) is 12.3. The number of rotatable bonds is 3. The van der Waals surface area contributed by atoms with Crippen molar-refractivity contribution in [3.63, 3.8) is 0 Å². The summed E-state index contributed by atoms with van der Waals surface area (Å²) in [6.45, 7) is 1.36. The molecule has 0 spiro atoms. The Labute approximate surface area is 133 Å². The largest absolute Gasteiger partial charge is 0.345 e. The van der Waals surface area contributed by atoms with Crippen LogP contribution in [0.1, 0.15) is 17.8 Å². The Balaban J connectivity index is 1.88. The second-order valence-electron chi connectivity index (χ2n) is 5.14. The van der Waals surface area contributed by atoms with Gasteiger partial charge in [-0.05, 0) is 18.4 Å². The van der Waals surface area contributed by atoms with E-state index in [9.17, 15) is 10.1 Å². The summed E-state index contributed by atoms with van der Waals surface area (Å²) >= 11 is 1.50. The van der Waals surface area contributed by atoms with Gasteiger partial charge in [-0.1, -0.05) is 30.3 Å². The van der Waals surface area contributed by atoms with Gasteiger partial charge in [0, 0.05) is 24.0 Å². The maximum absolute atomic E-state index is 10.8. The van der Waals surface area contributed by atoms with Crippen LogP contribution in [0, 0.1) is 11.3 Å². The molecule has 1 saturated heterocycles. The lowest BCUT2D eigenvalue weighted by Gasteiger charge is -2.24. The number of likely N-dealkylation sites (tertiary alicyclic amines) is 1. The fraction of sp³-hybridized carbons (Fsp3) is 0.235. The molecule has 1 aliphatic rings. The highest BCUT2D eigenvalue weighted by atomic mass is 32.1. The standard InChI is InChI=1S/C17H15N3OS/c18-10-15(13-6-8-20(12-21)9-7-13)17-19-16(11-22-17)14-4-2-1-3-5-14/h1-5,11-12H,6-9H2. The Kier molecular flexibility index (Phi) is 4.31. The summed E-state index contributed by atoms with van der Waals surface area (Å²) in [6, 6.07) is 12.3. The maximum Gasteiger partial charge on any atom is 0.209 e. The van der Waals surface area contributed by atoms with Crippen LogP contribution in [0.3, 0.4) is 0 Å². The van der Waals surface area contributed by atoms with Gasteiger partial charge in [-0.25, -0.2) is 4.98 Å². The summed E-state index contributed by atoms with van der Waals surface area (Å²) in [5.74, 6) is 0. The molecule has 0 unspecified atom stereocenters. The van der Waals surface area contributed by atoms with Crippen molar-refractivity contribution in [3.05, 3.63) is 46.3 Å². The van der Waals surface area contributed by atoms with Crippen LogP contribution in [-0.2, 0) is 4.79 Å². The zero-order chi connectivity index (χ0) is 15.4. The molecule has 4 nitrogen and oxygen atoms in total. The molecule has 2 heterocycles. The molecule has 5 heteroatoms. The average Bonchev–Trinajstić information content (AvgIpc) is 3.07. The number of aromatic nitrogens is 1. The SMILES string of the molecule is N#CC(=C1CCN(C=O)CC1)c1nc(-c2ccccc2)cs1. The first kappa shape index (κ1) is 14.5. The summed E-state index contributed by atoms with van der Waals surface area (Å²) in [4.78, 5) is 17.1. The normalized spacial score (nSPS) is 14.5. The first-order valence-electron chi connectivity index (χ1n) is 7.14. The Morgan fingerprint density at radius 2 is 2.00 bits per heavy atom. The third-order valence-corrected chi connectivity index (χ3v) is 4.66. The highest BCUT2D eigenvalue weighted by Crippen LogP contribution is 2.30. The number of hydrogen-bond acceptors (Lipinski definition) is 4. The van der Waals surface area contributed by atoms with Crippen LogP contribution >= 0.6 is 11.3 Å². The molecular weight excluding hydrogens is 294 g/mol. The van der Waals surface area contributed by atoms with Crippen LogP contribution < -0.4 is 0 Å². The highest BCUT2D eigenvalue weighted by Gasteiger charge is 2.18. The second kappa shape index (κ2) is 6.54. The van der Waals surface area contributed by atoms with Crippen LogP contribution in [0.25, 0.3) is 16.8 Å². The Morgan fingerprint density at radius 1 is 1.27 bits per heavy atom. The molecule has 0 atom stereocenters. The molecule has 1 fully saturated rings. The number of piperidine rings is 1. The number of thiazole rings is 1. The maximum atomic E-state index is 10.8. The van der Waals surface area contributed by atoms with E-state index in [1.54, 1.807) is 4.90 Å². The van der Waals surface area contributed by atoms with Crippen molar-refractivity contribution < 1.29 is 4.79 Å². The van der Waals surface area contributed by atoms with Crippen LogP contribution in [0.15, 0.2) is 41.3 Å². The van der Waals surface area contributed by atoms with Crippen molar-refractivity contribution in [1.29, 1.82) is 5.26 Å². The lowest BCUT2D eigenvalue weighted by atomic mass is 9.99. The summed E-state index contributed by atoms with van der Waals surface area (Å²) in [6.07, 6.45) is 2.38. The number of carbonyl (C=O) groups is 1. The monoisotopic (exact) mass is 309 g/mol. The first-order valence-corrected chi connectivity index (χ1v) is 8.02. The molecule has 110 valence electrons. The molecule has 3 rings (SSSR count). The van der Waals surface area contributed by atoms with Gasteiger partial charge in [0.05, 0.1) is 11.3 Å². The molecule has 0 radical (unpaired) electrons. The van der Waals surface area contributed by atoms with Gasteiger partial charge < -0.3 is 4.90 Å². The second-order valence-corrected chi connectivity index (χ2v) is 5.99. The van der Waals surface area contributed by atoms with Crippen LogP contribution in [0.2, 0.25) is 0 Å². The number of nitriles is 1. The Hall–Kier alpha value is -2.45. The van der Waals surface area contributed by atoms with E-state index in [2.05, 4.69) is 11.1 Å². The van der Waals surface area contributed by atoms with Crippen LogP contribution in [-0.4, -0.2) is 29.4 Å². The van der Waals surface area contributed by atoms with E-state index in [1.165, 1.54) is 11.3 Å². The number of benzene rings is 1. The highest BCUT2D eigenvalue weighted by molar-refractivity contribution is 7.11. The zero-order valence-electron chi connectivity index (χ0n) is 12.0. The third-order valence-electron chi connectivity index (χ3n) is 3.80. The molecule has 22 heavy (non-hydrogen) atoms. The van der Waals surface area contributed by atoms with Crippen molar-refractivity contribution >= 4 is 23.3 Å². The van der Waals surface area contributed by atoms with Gasteiger partial charge in [0.2, 0.25) is 6.41 Å². The van der Waals surface area contributed by atoms with Crippen molar-refractivity contribution in [2.75, 3.05) is 13.1 Å². The number of amides is 1. The van der Waals surface area contributed by atoms with Crippen LogP contribution in [0.5, 0.6) is 0 Å². The molecule has 1 aromatic carbocycles. The molecule has 0 N–H and O–H groups in total. The Morgan fingerprint density at radius 3 is 2.64 bits per heavy atom. The van der Waals surface area contributed by atoms with Gasteiger partial charge in [-0.2, -0.15) is 5.26 Å². The van der Waals surface area contributed by atoms with Gasteiger partial charge in [-0.3, -0.25) is 4.79 Å². The minimum Gasteiger partial charge on any atom is -0.345 e. The van der Waals surface area contributed by atoms with Gasteiger partial charge in [-0.15, -0.1) is 11.3 Å². The fourth-order valence-corrected chi connectivity index (χ4v) is 3.43. The van der Waals surface area contributed by atoms with Gasteiger partial charge in [0.25, 0.3) is 0 Å². The molecular formula is C17H15N3OS. The van der Waals surface area contributed by atoms with Crippen molar-refractivity contribution in [2.24, 2.45) is 0 Å². The molecule has 0 aliphatic carbocycles. The predicted molar refractivity (Wildman–Crippen MR) is 87.0 cm³/mol. The minimum atomic E-state index is 0.678. The molecule has 2 aromatic rings. The van der Waals surface area contributed by atoms with Crippen molar-refractivity contribution in [1.82, 2.24) is 9.88 Å². The average molecular weight is 309 g/mol. The molecule has 1 aliphatic heterocycles. The zero-order valence-corrected chi connectivity index (χ0v) is 12.8. The topological polar surface area (TPSA) is 57.0 Å². The molecule has 0 bridgehead atoms. The molecule has 1 aromatic heterocycles. The summed E-state index contributed by atoms with van der Waals surface area (Å²) < 4.78 is 0. The predicted octanol–water partition coefficient (Wildman–Crippen LogP) is 3.34.